The highest BCUT2D eigenvalue weighted by Gasteiger charge is 2.11. The van der Waals surface area contributed by atoms with Crippen molar-refractivity contribution >= 4 is 17.4 Å². The molecule has 0 unspecified atom stereocenters. The second kappa shape index (κ2) is 6.04. The predicted molar refractivity (Wildman–Crippen MR) is 78.0 cm³/mol. The number of carbonyl (C=O) groups is 1. The molecule has 4 N–H and O–H groups in total. The predicted octanol–water partition coefficient (Wildman–Crippen LogP) is 2.48. The van der Waals surface area contributed by atoms with Crippen molar-refractivity contribution in [3.63, 3.8) is 0 Å². The number of hydrogen-bond acceptors (Lipinski definition) is 3. The van der Waals surface area contributed by atoms with Gasteiger partial charge in [0, 0.05) is 22.4 Å². The second-order valence-corrected chi connectivity index (χ2v) is 4.43. The third kappa shape index (κ3) is 3.17. The van der Waals surface area contributed by atoms with Gasteiger partial charge in [-0.15, -0.1) is 0 Å². The SMILES string of the molecule is Cc1c(F)cccc1NC(=O)c1cccc(C(N)=NO)c1. The molecule has 0 fully saturated rings. The third-order valence-corrected chi connectivity index (χ3v) is 3.04. The van der Waals surface area contributed by atoms with E-state index in [0.29, 0.717) is 22.4 Å². The van der Waals surface area contributed by atoms with Gasteiger partial charge < -0.3 is 16.3 Å². The lowest BCUT2D eigenvalue weighted by molar-refractivity contribution is 0.102. The second-order valence-electron chi connectivity index (χ2n) is 4.43. The van der Waals surface area contributed by atoms with E-state index in [0.717, 1.165) is 0 Å². The summed E-state index contributed by atoms with van der Waals surface area (Å²) in [4.78, 5) is 12.2. The van der Waals surface area contributed by atoms with Gasteiger partial charge in [-0.25, -0.2) is 4.39 Å². The number of nitrogens with zero attached hydrogens (tertiary/aromatic N) is 1. The summed E-state index contributed by atoms with van der Waals surface area (Å²) >= 11 is 0. The molecule has 0 aliphatic rings. The van der Waals surface area contributed by atoms with Crippen LogP contribution in [0.1, 0.15) is 21.5 Å². The van der Waals surface area contributed by atoms with Gasteiger partial charge in [0.1, 0.15) is 5.82 Å². The fourth-order valence-corrected chi connectivity index (χ4v) is 1.81. The maximum atomic E-state index is 13.4. The molecule has 108 valence electrons. The molecule has 21 heavy (non-hydrogen) atoms. The molecule has 0 saturated heterocycles. The summed E-state index contributed by atoms with van der Waals surface area (Å²) < 4.78 is 13.4. The molecule has 2 aromatic rings. The third-order valence-electron chi connectivity index (χ3n) is 3.04. The maximum Gasteiger partial charge on any atom is 0.255 e. The number of hydrogen-bond donors (Lipinski definition) is 3. The lowest BCUT2D eigenvalue weighted by Gasteiger charge is -2.09. The highest BCUT2D eigenvalue weighted by molar-refractivity contribution is 6.06. The molecular formula is C15H14FN3O2. The van der Waals surface area contributed by atoms with E-state index >= 15 is 0 Å². The van der Waals surface area contributed by atoms with Crippen molar-refractivity contribution in [1.82, 2.24) is 0 Å². The minimum atomic E-state index is -0.406. The van der Waals surface area contributed by atoms with Crippen LogP contribution in [0, 0.1) is 12.7 Å². The van der Waals surface area contributed by atoms with Gasteiger partial charge in [-0.2, -0.15) is 0 Å². The Morgan fingerprint density at radius 3 is 2.62 bits per heavy atom. The zero-order valence-corrected chi connectivity index (χ0v) is 11.3. The van der Waals surface area contributed by atoms with Crippen LogP contribution in [0.3, 0.4) is 0 Å². The van der Waals surface area contributed by atoms with Crippen LogP contribution in [0.25, 0.3) is 0 Å². The number of amidine groups is 1. The molecule has 2 rings (SSSR count). The summed E-state index contributed by atoms with van der Waals surface area (Å²) in [6.07, 6.45) is 0. The van der Waals surface area contributed by atoms with Crippen molar-refractivity contribution < 1.29 is 14.4 Å². The van der Waals surface area contributed by atoms with Crippen LogP contribution in [0.15, 0.2) is 47.6 Å². The van der Waals surface area contributed by atoms with Crippen molar-refractivity contribution in [3.8, 4) is 0 Å². The normalized spacial score (nSPS) is 11.2. The Morgan fingerprint density at radius 2 is 1.90 bits per heavy atom. The maximum absolute atomic E-state index is 13.4. The summed E-state index contributed by atoms with van der Waals surface area (Å²) in [5.74, 6) is -0.888. The van der Waals surface area contributed by atoms with Gasteiger partial charge in [-0.05, 0) is 31.2 Å². The Morgan fingerprint density at radius 1 is 1.24 bits per heavy atom. The molecule has 0 aliphatic heterocycles. The topological polar surface area (TPSA) is 87.7 Å². The molecule has 5 nitrogen and oxygen atoms in total. The highest BCUT2D eigenvalue weighted by Crippen LogP contribution is 2.18. The number of oxime groups is 1. The fraction of sp³-hybridized carbons (Fsp3) is 0.0667. The molecule has 0 aromatic heterocycles. The number of rotatable bonds is 3. The number of nitrogens with two attached hydrogens (primary N) is 1. The molecule has 0 bridgehead atoms. The minimum absolute atomic E-state index is 0.0911. The van der Waals surface area contributed by atoms with Crippen molar-refractivity contribution in [1.29, 1.82) is 0 Å². The Kier molecular flexibility index (Phi) is 4.18. The summed E-state index contributed by atoms with van der Waals surface area (Å²) in [7, 11) is 0. The first kappa shape index (κ1) is 14.5. The van der Waals surface area contributed by atoms with Gasteiger partial charge in [0.15, 0.2) is 5.84 Å². The van der Waals surface area contributed by atoms with Gasteiger partial charge in [-0.3, -0.25) is 4.79 Å². The smallest absolute Gasteiger partial charge is 0.255 e. The van der Waals surface area contributed by atoms with E-state index in [4.69, 9.17) is 10.9 Å². The van der Waals surface area contributed by atoms with E-state index in [1.54, 1.807) is 31.2 Å². The van der Waals surface area contributed by atoms with E-state index < -0.39 is 11.7 Å². The van der Waals surface area contributed by atoms with Crippen LogP contribution in [-0.2, 0) is 0 Å². The first-order valence-corrected chi connectivity index (χ1v) is 6.17. The first-order valence-electron chi connectivity index (χ1n) is 6.17. The van der Waals surface area contributed by atoms with Crippen LogP contribution in [0.5, 0.6) is 0 Å². The number of anilines is 1. The van der Waals surface area contributed by atoms with E-state index in [2.05, 4.69) is 10.5 Å². The molecule has 0 heterocycles. The summed E-state index contributed by atoms with van der Waals surface area (Å²) in [6, 6.07) is 10.7. The number of carbonyl (C=O) groups excluding carboxylic acids is 1. The summed E-state index contributed by atoms with van der Waals surface area (Å²) in [5, 5.41) is 14.2. The van der Waals surface area contributed by atoms with Gasteiger partial charge in [0.05, 0.1) is 0 Å². The van der Waals surface area contributed by atoms with Crippen LogP contribution in [0.4, 0.5) is 10.1 Å². The molecular weight excluding hydrogens is 273 g/mol. The van der Waals surface area contributed by atoms with Crippen LogP contribution in [-0.4, -0.2) is 17.0 Å². The Labute approximate surface area is 120 Å². The van der Waals surface area contributed by atoms with Gasteiger partial charge in [0.25, 0.3) is 5.91 Å². The molecule has 0 radical (unpaired) electrons. The van der Waals surface area contributed by atoms with Crippen molar-refractivity contribution in [2.75, 3.05) is 5.32 Å². The van der Waals surface area contributed by atoms with Crippen LogP contribution >= 0.6 is 0 Å². The Bertz CT molecular complexity index is 714. The Hall–Kier alpha value is -2.89. The monoisotopic (exact) mass is 287 g/mol. The van der Waals surface area contributed by atoms with E-state index in [-0.39, 0.29) is 5.84 Å². The molecule has 2 aromatic carbocycles. The van der Waals surface area contributed by atoms with Crippen LogP contribution in [0.2, 0.25) is 0 Å². The van der Waals surface area contributed by atoms with Gasteiger partial charge in [-0.1, -0.05) is 23.4 Å². The number of amides is 1. The number of halogens is 1. The zero-order chi connectivity index (χ0) is 15.4. The van der Waals surface area contributed by atoms with Crippen molar-refractivity contribution in [3.05, 3.63) is 65.0 Å². The fourth-order valence-electron chi connectivity index (χ4n) is 1.81. The molecule has 0 aliphatic carbocycles. The van der Waals surface area contributed by atoms with Crippen LogP contribution < -0.4 is 11.1 Å². The standard InChI is InChI=1S/C15H14FN3O2/c1-9-12(16)6-3-7-13(9)18-15(20)11-5-2-4-10(8-11)14(17)19-21/h2-8,21H,1H3,(H2,17,19)(H,18,20). The molecule has 0 spiro atoms. The van der Waals surface area contributed by atoms with Crippen molar-refractivity contribution in [2.45, 2.75) is 6.92 Å². The summed E-state index contributed by atoms with van der Waals surface area (Å²) in [5.41, 5.74) is 6.98. The average Bonchev–Trinajstić information content (AvgIpc) is 2.51. The average molecular weight is 287 g/mol. The Balaban J connectivity index is 2.27. The lowest BCUT2D eigenvalue weighted by atomic mass is 10.1. The molecule has 0 saturated carbocycles. The molecule has 0 atom stereocenters. The molecule has 1 amide bonds. The van der Waals surface area contributed by atoms with Gasteiger partial charge >= 0.3 is 0 Å². The van der Waals surface area contributed by atoms with E-state index in [1.165, 1.54) is 18.2 Å². The van der Waals surface area contributed by atoms with Gasteiger partial charge in [0.2, 0.25) is 0 Å². The highest BCUT2D eigenvalue weighted by atomic mass is 19.1. The van der Waals surface area contributed by atoms with E-state index in [9.17, 15) is 9.18 Å². The summed E-state index contributed by atoms with van der Waals surface area (Å²) in [6.45, 7) is 1.58. The molecule has 6 heteroatoms. The number of nitrogens with one attached hydrogen (secondary N) is 1. The quantitative estimate of drug-likeness (QED) is 0.351. The number of benzene rings is 2. The van der Waals surface area contributed by atoms with E-state index in [1.807, 2.05) is 0 Å². The first-order chi connectivity index (χ1) is 10.0. The largest absolute Gasteiger partial charge is 0.409 e. The zero-order valence-electron chi connectivity index (χ0n) is 11.3. The lowest BCUT2D eigenvalue weighted by Crippen LogP contribution is -2.16. The minimum Gasteiger partial charge on any atom is -0.409 e. The van der Waals surface area contributed by atoms with Crippen molar-refractivity contribution in [2.24, 2.45) is 10.9 Å².